The van der Waals surface area contributed by atoms with Gasteiger partial charge in [0.05, 0.1) is 0 Å². The zero-order valence-electron chi connectivity index (χ0n) is 41.7. The fourth-order valence-electron chi connectivity index (χ4n) is 8.02. The molecule has 0 heterocycles. The molecule has 0 aliphatic carbocycles. The van der Waals surface area contributed by atoms with Crippen LogP contribution in [0.5, 0.6) is 0 Å². The first kappa shape index (κ1) is 59.9. The van der Waals surface area contributed by atoms with Crippen LogP contribution < -0.4 is 0 Å². The van der Waals surface area contributed by atoms with Crippen LogP contribution >= 0.6 is 0 Å². The lowest BCUT2D eigenvalue weighted by Crippen LogP contribution is -2.30. The van der Waals surface area contributed by atoms with Gasteiger partial charge in [0.1, 0.15) is 13.2 Å². The lowest BCUT2D eigenvalue weighted by molar-refractivity contribution is -0.167. The molecule has 0 rings (SSSR count). The molecular weight excluding hydrogens is 769 g/mol. The molecule has 1 atom stereocenters. The second-order valence-corrected chi connectivity index (χ2v) is 18.5. The first-order valence-electron chi connectivity index (χ1n) is 27.3. The maximum absolute atomic E-state index is 12.7. The Morgan fingerprint density at radius 1 is 0.306 bits per heavy atom. The van der Waals surface area contributed by atoms with E-state index in [1.54, 1.807) is 0 Å². The minimum atomic E-state index is -0.769. The third kappa shape index (κ3) is 48.9. The molecule has 364 valence electrons. The van der Waals surface area contributed by atoms with E-state index >= 15 is 0 Å². The highest BCUT2D eigenvalue weighted by Gasteiger charge is 2.19. The predicted molar refractivity (Wildman–Crippen MR) is 266 cm³/mol. The fraction of sp³-hybridized carbons (Fsp3) is 0.875. The Labute approximate surface area is 385 Å². The van der Waals surface area contributed by atoms with Gasteiger partial charge in [-0.3, -0.25) is 14.4 Å². The van der Waals surface area contributed by atoms with E-state index in [4.69, 9.17) is 14.2 Å². The van der Waals surface area contributed by atoms with Gasteiger partial charge in [0.2, 0.25) is 0 Å². The van der Waals surface area contributed by atoms with E-state index in [2.05, 4.69) is 45.1 Å². The lowest BCUT2D eigenvalue weighted by Gasteiger charge is -2.18. The summed E-state index contributed by atoms with van der Waals surface area (Å²) in [6, 6.07) is 0. The minimum absolute atomic E-state index is 0.0725. The normalized spacial score (nSPS) is 12.1. The second-order valence-electron chi connectivity index (χ2n) is 18.5. The molecule has 0 aliphatic rings. The molecule has 6 nitrogen and oxygen atoms in total. The predicted octanol–water partition coefficient (Wildman–Crippen LogP) is 17.9. The average Bonchev–Trinajstić information content (AvgIpc) is 3.27. The molecule has 0 amide bonds. The monoisotopic (exact) mass is 873 g/mol. The number of hydrogen-bond donors (Lipinski definition) is 0. The molecule has 0 bridgehead atoms. The van der Waals surface area contributed by atoms with Crippen LogP contribution in [0.1, 0.15) is 297 Å². The Hall–Kier alpha value is -2.11. The van der Waals surface area contributed by atoms with Crippen LogP contribution in [0.15, 0.2) is 24.3 Å². The van der Waals surface area contributed by atoms with E-state index < -0.39 is 6.10 Å². The van der Waals surface area contributed by atoms with E-state index in [-0.39, 0.29) is 31.1 Å². The Morgan fingerprint density at radius 2 is 0.532 bits per heavy atom. The van der Waals surface area contributed by atoms with Crippen molar-refractivity contribution in [3.8, 4) is 0 Å². The van der Waals surface area contributed by atoms with Crippen LogP contribution in [0.4, 0.5) is 0 Å². The van der Waals surface area contributed by atoms with Crippen LogP contribution in [-0.4, -0.2) is 37.2 Å². The third-order valence-corrected chi connectivity index (χ3v) is 12.2. The summed E-state index contributed by atoms with van der Waals surface area (Å²) in [7, 11) is 0. The van der Waals surface area contributed by atoms with Gasteiger partial charge in [0.15, 0.2) is 6.10 Å². The van der Waals surface area contributed by atoms with Crippen molar-refractivity contribution >= 4 is 17.9 Å². The molecule has 0 N–H and O–H groups in total. The third-order valence-electron chi connectivity index (χ3n) is 12.2. The number of carbonyl (C=O) groups is 3. The maximum atomic E-state index is 12.7. The lowest BCUT2D eigenvalue weighted by atomic mass is 10.0. The molecule has 0 spiro atoms. The Bertz CT molecular complexity index is 1000. The van der Waals surface area contributed by atoms with Gasteiger partial charge in [0.25, 0.3) is 0 Å². The first-order chi connectivity index (χ1) is 30.5. The number of ether oxygens (including phenoxy) is 3. The Balaban J connectivity index is 4.07. The molecule has 0 aromatic rings. The van der Waals surface area contributed by atoms with Gasteiger partial charge >= 0.3 is 17.9 Å². The van der Waals surface area contributed by atoms with Crippen molar-refractivity contribution in [2.75, 3.05) is 13.2 Å². The summed E-state index contributed by atoms with van der Waals surface area (Å²) < 4.78 is 16.7. The van der Waals surface area contributed by atoms with E-state index in [1.165, 1.54) is 186 Å². The number of carbonyl (C=O) groups excluding carboxylic acids is 3. The Kier molecular flexibility index (Phi) is 49.8. The van der Waals surface area contributed by atoms with Crippen LogP contribution in [0.25, 0.3) is 0 Å². The summed E-state index contributed by atoms with van der Waals surface area (Å²) in [5.74, 6) is -0.883. The highest BCUT2D eigenvalue weighted by Crippen LogP contribution is 2.16. The molecule has 0 saturated heterocycles. The number of allylic oxidation sites excluding steroid dienone is 4. The zero-order valence-corrected chi connectivity index (χ0v) is 41.7. The van der Waals surface area contributed by atoms with Gasteiger partial charge in [-0.2, -0.15) is 0 Å². The summed E-state index contributed by atoms with van der Waals surface area (Å²) in [5, 5.41) is 0. The highest BCUT2D eigenvalue weighted by atomic mass is 16.6. The van der Waals surface area contributed by atoms with Gasteiger partial charge in [-0.05, 0) is 70.6 Å². The van der Waals surface area contributed by atoms with Crippen LogP contribution in [0.3, 0.4) is 0 Å². The van der Waals surface area contributed by atoms with Crippen molar-refractivity contribution in [3.05, 3.63) is 24.3 Å². The molecule has 62 heavy (non-hydrogen) atoms. The summed E-state index contributed by atoms with van der Waals surface area (Å²) in [5.41, 5.74) is 0. The van der Waals surface area contributed by atoms with Crippen molar-refractivity contribution in [2.45, 2.75) is 303 Å². The number of rotatable bonds is 50. The summed E-state index contributed by atoms with van der Waals surface area (Å²) in [6.07, 6.45) is 59.3. The van der Waals surface area contributed by atoms with Crippen molar-refractivity contribution in [3.63, 3.8) is 0 Å². The molecule has 1 unspecified atom stereocenters. The summed E-state index contributed by atoms with van der Waals surface area (Å²) in [6.45, 7) is 6.58. The van der Waals surface area contributed by atoms with Crippen LogP contribution in [-0.2, 0) is 28.6 Å². The molecule has 0 aliphatic heterocycles. The first-order valence-corrected chi connectivity index (χ1v) is 27.3. The van der Waals surface area contributed by atoms with Gasteiger partial charge in [0, 0.05) is 19.3 Å². The molecule has 0 aromatic heterocycles. The van der Waals surface area contributed by atoms with Crippen LogP contribution in [0, 0.1) is 0 Å². The van der Waals surface area contributed by atoms with Crippen LogP contribution in [0.2, 0.25) is 0 Å². The largest absolute Gasteiger partial charge is 0.462 e. The zero-order chi connectivity index (χ0) is 45.1. The molecule has 6 heteroatoms. The highest BCUT2D eigenvalue weighted by molar-refractivity contribution is 5.71. The van der Waals surface area contributed by atoms with Crippen molar-refractivity contribution < 1.29 is 28.6 Å². The van der Waals surface area contributed by atoms with E-state index in [0.29, 0.717) is 19.3 Å². The molecule has 0 aromatic carbocycles. The van der Waals surface area contributed by atoms with Gasteiger partial charge in [-0.1, -0.05) is 231 Å². The van der Waals surface area contributed by atoms with Crippen molar-refractivity contribution in [2.24, 2.45) is 0 Å². The Morgan fingerprint density at radius 3 is 0.806 bits per heavy atom. The molecule has 0 fully saturated rings. The van der Waals surface area contributed by atoms with Crippen molar-refractivity contribution in [1.82, 2.24) is 0 Å². The molecule has 0 radical (unpaired) electrons. The minimum Gasteiger partial charge on any atom is -0.462 e. The second kappa shape index (κ2) is 51.5. The van der Waals surface area contributed by atoms with E-state index in [0.717, 1.165) is 70.6 Å². The van der Waals surface area contributed by atoms with Gasteiger partial charge in [-0.25, -0.2) is 0 Å². The topological polar surface area (TPSA) is 78.9 Å². The standard InChI is InChI=1S/C56H104O6/c1-4-7-10-13-15-17-19-21-23-25-26-27-28-29-30-31-33-34-36-38-40-43-46-49-55(58)61-52-53(51-60-54(57)48-45-42-12-9-6-3)62-56(59)50-47-44-41-39-37-35-32-24-22-20-18-16-14-11-8-5-2/h24-26,32,53H,4-23,27-31,33-52H2,1-3H3/b26-25-,32-24-. The number of esters is 3. The summed E-state index contributed by atoms with van der Waals surface area (Å²) >= 11 is 0. The maximum Gasteiger partial charge on any atom is 0.306 e. The molecule has 0 saturated carbocycles. The summed E-state index contributed by atoms with van der Waals surface area (Å²) in [4.78, 5) is 37.7. The fourth-order valence-corrected chi connectivity index (χ4v) is 8.02. The van der Waals surface area contributed by atoms with Gasteiger partial charge < -0.3 is 14.2 Å². The van der Waals surface area contributed by atoms with Gasteiger partial charge in [-0.15, -0.1) is 0 Å². The number of hydrogen-bond acceptors (Lipinski definition) is 6. The molecular formula is C56H104O6. The van der Waals surface area contributed by atoms with Crippen molar-refractivity contribution in [1.29, 1.82) is 0 Å². The SMILES string of the molecule is CCCCCCCCC/C=C\CCCCCCCC(=O)OC(COC(=O)CCCCCCC)COC(=O)CCCCCCCCCCCCC/C=C\CCCCCCCCCC. The van der Waals surface area contributed by atoms with E-state index in [1.807, 2.05) is 0 Å². The number of unbranched alkanes of at least 4 members (excludes halogenated alkanes) is 35. The smallest absolute Gasteiger partial charge is 0.306 e. The average molecular weight is 873 g/mol. The van der Waals surface area contributed by atoms with E-state index in [9.17, 15) is 14.4 Å². The quantitative estimate of drug-likeness (QED) is 0.0262.